The van der Waals surface area contributed by atoms with Crippen molar-refractivity contribution < 1.29 is 24.5 Å². The van der Waals surface area contributed by atoms with Gasteiger partial charge in [0.05, 0.1) is 25.2 Å². The van der Waals surface area contributed by atoms with Gasteiger partial charge in [-0.05, 0) is 77.0 Å². The van der Waals surface area contributed by atoms with Gasteiger partial charge in [-0.25, -0.2) is 0 Å². The van der Waals surface area contributed by atoms with Crippen molar-refractivity contribution in [1.82, 2.24) is 5.32 Å². The number of nitrogens with one attached hydrogen (secondary N) is 1. The summed E-state index contributed by atoms with van der Waals surface area (Å²) in [6.45, 7) is 6.49. The Bertz CT molecular complexity index is 1060. The van der Waals surface area contributed by atoms with Gasteiger partial charge in [-0.1, -0.05) is 243 Å². The van der Waals surface area contributed by atoms with E-state index in [1.54, 1.807) is 0 Å². The summed E-state index contributed by atoms with van der Waals surface area (Å²) in [6, 6.07) is -0.710. The van der Waals surface area contributed by atoms with Crippen LogP contribution in [-0.2, 0) is 14.3 Å². The smallest absolute Gasteiger partial charge is 0.306 e. The molecule has 0 aromatic rings. The van der Waals surface area contributed by atoms with Crippen LogP contribution in [-0.4, -0.2) is 46.9 Å². The molecule has 0 rings (SSSR count). The Hall–Kier alpha value is -1.92. The second kappa shape index (κ2) is 52.1. The molecule has 0 heterocycles. The maximum Gasteiger partial charge on any atom is 0.306 e. The second-order valence-electron chi connectivity index (χ2n) is 19.4. The molecule has 0 fully saturated rings. The number of allylic oxidation sites excluding steroid dienone is 6. The van der Waals surface area contributed by atoms with Gasteiger partial charge in [0.2, 0.25) is 5.91 Å². The largest absolute Gasteiger partial charge is 0.462 e. The number of aliphatic hydroxyl groups excluding tert-OH is 2. The van der Waals surface area contributed by atoms with Crippen molar-refractivity contribution in [3.63, 3.8) is 0 Å². The SMILES string of the molecule is CCCCCCCCC/C=C/C=C/CCCCCC(=O)OC(CCCCC/C=C/CCCCCCCCCCC)CC(=O)NC(CO)C(O)CCCCCCCCCCCCCCC. The second-order valence-corrected chi connectivity index (χ2v) is 19.4. The van der Waals surface area contributed by atoms with Gasteiger partial charge in [0, 0.05) is 6.42 Å². The normalized spacial score (nSPS) is 13.4. The molecule has 0 saturated heterocycles. The van der Waals surface area contributed by atoms with Gasteiger partial charge < -0.3 is 20.3 Å². The minimum absolute atomic E-state index is 0.0591. The van der Waals surface area contributed by atoms with Crippen molar-refractivity contribution in [3.05, 3.63) is 36.5 Å². The summed E-state index contributed by atoms with van der Waals surface area (Å²) in [4.78, 5) is 26.2. The predicted octanol–water partition coefficient (Wildman–Crippen LogP) is 17.2. The van der Waals surface area contributed by atoms with Gasteiger partial charge >= 0.3 is 5.97 Å². The number of rotatable bonds is 51. The number of ether oxygens (including phenoxy) is 1. The summed E-state index contributed by atoms with van der Waals surface area (Å²) in [5.41, 5.74) is 0. The molecule has 0 saturated carbocycles. The molecule has 0 bridgehead atoms. The first-order valence-corrected chi connectivity index (χ1v) is 28.2. The number of hydrogen-bond donors (Lipinski definition) is 3. The molecule has 0 aliphatic heterocycles. The van der Waals surface area contributed by atoms with E-state index < -0.39 is 18.2 Å². The Labute approximate surface area is 398 Å². The van der Waals surface area contributed by atoms with Crippen molar-refractivity contribution in [2.45, 2.75) is 315 Å². The first-order valence-electron chi connectivity index (χ1n) is 28.2. The van der Waals surface area contributed by atoms with Gasteiger partial charge in [0.1, 0.15) is 6.10 Å². The lowest BCUT2D eigenvalue weighted by Crippen LogP contribution is -2.46. The number of esters is 1. The summed E-state index contributed by atoms with van der Waals surface area (Å²) in [5, 5.41) is 23.8. The number of carbonyl (C=O) groups is 2. The molecule has 64 heavy (non-hydrogen) atoms. The molecule has 3 N–H and O–H groups in total. The molecule has 6 nitrogen and oxygen atoms in total. The van der Waals surface area contributed by atoms with Crippen LogP contribution < -0.4 is 5.32 Å². The molecular weight excluding hydrogens is 791 g/mol. The van der Waals surface area contributed by atoms with Crippen LogP contribution in [0.2, 0.25) is 0 Å². The zero-order chi connectivity index (χ0) is 46.7. The average molecular weight is 901 g/mol. The molecule has 0 aromatic carbocycles. The van der Waals surface area contributed by atoms with Gasteiger partial charge in [-0.3, -0.25) is 9.59 Å². The number of unbranched alkanes of at least 4 members (excludes halogenated alkanes) is 34. The molecular formula is C58H109NO5. The number of carbonyl (C=O) groups excluding carboxylic acids is 2. The Kier molecular flexibility index (Phi) is 50.5. The summed E-state index contributed by atoms with van der Waals surface area (Å²) in [7, 11) is 0. The number of hydrogen-bond acceptors (Lipinski definition) is 5. The number of amides is 1. The van der Waals surface area contributed by atoms with Crippen LogP contribution >= 0.6 is 0 Å². The van der Waals surface area contributed by atoms with Crippen LogP contribution in [0.4, 0.5) is 0 Å². The van der Waals surface area contributed by atoms with Crippen LogP contribution in [0.15, 0.2) is 36.5 Å². The summed E-state index contributed by atoms with van der Waals surface area (Å²) < 4.78 is 5.94. The highest BCUT2D eigenvalue weighted by atomic mass is 16.5. The van der Waals surface area contributed by atoms with E-state index in [9.17, 15) is 19.8 Å². The predicted molar refractivity (Wildman–Crippen MR) is 278 cm³/mol. The standard InChI is InChI=1S/C58H109NO5/c1-4-7-10-13-16-19-22-25-27-29-32-34-37-40-43-46-49-54(64-58(63)51-48-45-42-39-36-33-30-28-26-23-20-17-14-11-8-5-2)52-57(62)59-55(53-60)56(61)50-47-44-41-38-35-31-24-21-18-15-12-9-6-3/h28,30,32-34,36,54-56,60-61H,4-27,29,31,35,37-53H2,1-3H3,(H,59,62)/b30-28+,34-32+,36-33+. The molecule has 0 aromatic heterocycles. The average Bonchev–Trinajstić information content (AvgIpc) is 3.29. The first-order chi connectivity index (χ1) is 31.5. The van der Waals surface area contributed by atoms with E-state index in [1.165, 1.54) is 173 Å². The third kappa shape index (κ3) is 46.6. The van der Waals surface area contributed by atoms with Crippen molar-refractivity contribution in [1.29, 1.82) is 0 Å². The van der Waals surface area contributed by atoms with E-state index in [0.29, 0.717) is 19.3 Å². The molecule has 3 atom stereocenters. The molecule has 0 aliphatic carbocycles. The van der Waals surface area contributed by atoms with Crippen molar-refractivity contribution >= 4 is 11.9 Å². The molecule has 0 radical (unpaired) electrons. The highest BCUT2D eigenvalue weighted by molar-refractivity contribution is 5.77. The number of aliphatic hydroxyl groups is 2. The van der Waals surface area contributed by atoms with Crippen molar-refractivity contribution in [2.75, 3.05) is 6.61 Å². The monoisotopic (exact) mass is 900 g/mol. The Morgan fingerprint density at radius 1 is 0.453 bits per heavy atom. The van der Waals surface area contributed by atoms with Gasteiger partial charge in [-0.2, -0.15) is 0 Å². The maximum atomic E-state index is 13.2. The van der Waals surface area contributed by atoms with Crippen LogP contribution in [0.25, 0.3) is 0 Å². The fourth-order valence-electron chi connectivity index (χ4n) is 8.65. The van der Waals surface area contributed by atoms with Crippen molar-refractivity contribution in [2.24, 2.45) is 0 Å². The molecule has 3 unspecified atom stereocenters. The van der Waals surface area contributed by atoms with Crippen LogP contribution in [0.3, 0.4) is 0 Å². The van der Waals surface area contributed by atoms with E-state index >= 15 is 0 Å². The van der Waals surface area contributed by atoms with E-state index in [-0.39, 0.29) is 24.9 Å². The Morgan fingerprint density at radius 2 is 0.797 bits per heavy atom. The molecule has 6 heteroatoms. The zero-order valence-electron chi connectivity index (χ0n) is 42.9. The lowest BCUT2D eigenvalue weighted by Gasteiger charge is -2.24. The molecule has 376 valence electrons. The third-order valence-electron chi connectivity index (χ3n) is 13.0. The van der Waals surface area contributed by atoms with E-state index in [2.05, 4.69) is 62.5 Å². The highest BCUT2D eigenvalue weighted by Crippen LogP contribution is 2.18. The lowest BCUT2D eigenvalue weighted by atomic mass is 10.0. The third-order valence-corrected chi connectivity index (χ3v) is 13.0. The quantitative estimate of drug-likeness (QED) is 0.0245. The fraction of sp³-hybridized carbons (Fsp3) is 0.862. The summed E-state index contributed by atoms with van der Waals surface area (Å²) in [5.74, 6) is -0.508. The van der Waals surface area contributed by atoms with E-state index in [4.69, 9.17) is 4.74 Å². The van der Waals surface area contributed by atoms with Crippen LogP contribution in [0.1, 0.15) is 297 Å². The Balaban J connectivity index is 4.62. The topological polar surface area (TPSA) is 95.9 Å². The molecule has 0 spiro atoms. The minimum atomic E-state index is -0.795. The van der Waals surface area contributed by atoms with Gasteiger partial charge in [-0.15, -0.1) is 0 Å². The van der Waals surface area contributed by atoms with Gasteiger partial charge in [0.25, 0.3) is 0 Å². The van der Waals surface area contributed by atoms with Gasteiger partial charge in [0.15, 0.2) is 0 Å². The first kappa shape index (κ1) is 62.1. The maximum absolute atomic E-state index is 13.2. The fourth-order valence-corrected chi connectivity index (χ4v) is 8.65. The van der Waals surface area contributed by atoms with Crippen LogP contribution in [0.5, 0.6) is 0 Å². The van der Waals surface area contributed by atoms with Crippen LogP contribution in [0, 0.1) is 0 Å². The minimum Gasteiger partial charge on any atom is -0.462 e. The summed E-state index contributed by atoms with van der Waals surface area (Å²) >= 11 is 0. The molecule has 1 amide bonds. The Morgan fingerprint density at radius 3 is 1.22 bits per heavy atom. The lowest BCUT2D eigenvalue weighted by molar-refractivity contribution is -0.151. The molecule has 0 aliphatic rings. The summed E-state index contributed by atoms with van der Waals surface area (Å²) in [6.07, 6.45) is 62.1. The van der Waals surface area contributed by atoms with Crippen molar-refractivity contribution in [3.8, 4) is 0 Å². The van der Waals surface area contributed by atoms with E-state index in [1.807, 2.05) is 0 Å². The highest BCUT2D eigenvalue weighted by Gasteiger charge is 2.24. The zero-order valence-corrected chi connectivity index (χ0v) is 42.9. The van der Waals surface area contributed by atoms with E-state index in [0.717, 1.165) is 77.0 Å².